The number of rotatable bonds is 22. The molecular formula is C85H129F5N8O8. The van der Waals surface area contributed by atoms with Crippen molar-refractivity contribution < 1.29 is 59.8 Å². The maximum absolute atomic E-state index is 13.2. The van der Waals surface area contributed by atoms with E-state index in [2.05, 4.69) is 153 Å². The fraction of sp³-hybridized carbons (Fsp3) is 0.718. The van der Waals surface area contributed by atoms with Crippen molar-refractivity contribution in [1.29, 1.82) is 0 Å². The van der Waals surface area contributed by atoms with Gasteiger partial charge in [0.2, 0.25) is 0 Å². The van der Waals surface area contributed by atoms with Crippen molar-refractivity contribution in [3.63, 3.8) is 0 Å². The van der Waals surface area contributed by atoms with Crippen LogP contribution in [0, 0.1) is 29.6 Å². The van der Waals surface area contributed by atoms with Crippen molar-refractivity contribution in [2.75, 3.05) is 155 Å². The van der Waals surface area contributed by atoms with Gasteiger partial charge in [-0.2, -0.15) is 13.2 Å². The molecule has 8 aliphatic heterocycles. The first-order chi connectivity index (χ1) is 50.5. The van der Waals surface area contributed by atoms with Gasteiger partial charge in [-0.1, -0.05) is 55.4 Å². The molecule has 6 fully saturated rings. The van der Waals surface area contributed by atoms with Crippen LogP contribution in [-0.2, 0) is 25.7 Å². The molecule has 21 heteroatoms. The van der Waals surface area contributed by atoms with Gasteiger partial charge < -0.3 is 57.5 Å². The smallest absolute Gasteiger partial charge is 0.392 e. The van der Waals surface area contributed by atoms with Crippen molar-refractivity contribution in [3.05, 3.63) is 93.0 Å². The van der Waals surface area contributed by atoms with Crippen LogP contribution in [0.15, 0.2) is 48.5 Å². The predicted octanol–water partition coefficient (Wildman–Crippen LogP) is 15.5. The highest BCUT2D eigenvalue weighted by Crippen LogP contribution is 2.50. The van der Waals surface area contributed by atoms with Gasteiger partial charge in [0.1, 0.15) is 0 Å². The number of hydrogen-bond donors (Lipinski definition) is 0. The molecule has 14 rings (SSSR count). The zero-order valence-electron chi connectivity index (χ0n) is 67.2. The molecule has 9 atom stereocenters. The summed E-state index contributed by atoms with van der Waals surface area (Å²) in [5, 5.41) is 0. The monoisotopic (exact) mass is 1480 g/mol. The standard InChI is InChI=1S/C22H32F2N2O2.C22H34N2O2.C21H31F3N2O2.C20H32N2O2/c1-14(2)7-17-11-26-6-5-15-8-21(28-13-16-10-22(16,23)24)20(27-4)9-18(15)19(26)12-25(17)3;1-15(2)10-17-13-24-9-8-16-11-22(26-18-6-5-7-18)21(25-4)12-19(16)20(24)14-23(17)3;1-14(2)9-16-12-26-7-5-15-10-20(28-8-6-21(22,23)24)19(27-4)11-17(15)18(26)13-25(16)3;1-6-24-20-10-15-7-8-22-12-16(9-14(2)3)21(4)13-18(22)17(15)11-19(20)23-5/h8-9,14,16-17,19H,5-7,10-13H2,1-4H3;11-12,15,17-18,20H,5-10,13-14H2,1-4H3;10-11,14,16,18H,5-9,12-13H2,1-4H3;10-11,14,16,18H,6-9,12-13H2,1-5H3/t16?,17-,19-;17-,20-;2*16-,18-/m1111/s1. The number of alkyl halides is 5. The first-order valence-electron chi connectivity index (χ1n) is 40.1. The molecule has 0 aromatic heterocycles. The van der Waals surface area contributed by atoms with Gasteiger partial charge in [0.25, 0.3) is 5.92 Å². The highest BCUT2D eigenvalue weighted by atomic mass is 19.4. The molecule has 16 nitrogen and oxygen atoms in total. The number of ether oxygens (including phenoxy) is 8. The summed E-state index contributed by atoms with van der Waals surface area (Å²) in [6.45, 7) is 33.7. The fourth-order valence-electron chi connectivity index (χ4n) is 18.1. The Morgan fingerprint density at radius 3 is 1.00 bits per heavy atom. The molecule has 2 saturated carbocycles. The summed E-state index contributed by atoms with van der Waals surface area (Å²) in [4.78, 5) is 20.6. The SMILES string of the molecule is CCOc1cc2c(cc1OC)[C@H]1CN(C)[C@H](CC(C)C)CN1CC2.COc1cc2c(cc1OC1CCC1)CCN1C[C@@H](CC(C)C)N(C)C[C@H]21.COc1cc2c(cc1OCC1CC1(F)F)CCN1C[C@@H](CC(C)C)N(C)C[C@H]21.COc1cc2c(cc1OCCC(F)(F)F)CCN1C[C@@H](CC(C)C)N(C)C[C@H]21. The van der Waals surface area contributed by atoms with Crippen molar-refractivity contribution in [2.45, 2.75) is 212 Å². The zero-order chi connectivity index (χ0) is 76.1. The first-order valence-corrected chi connectivity index (χ1v) is 40.1. The average Bonchev–Trinajstić information content (AvgIpc) is 0.838. The molecule has 4 aromatic carbocycles. The number of halogens is 5. The molecule has 0 N–H and O–H groups in total. The number of fused-ring (bicyclic) bond motifs is 12. The van der Waals surface area contributed by atoms with E-state index in [9.17, 15) is 22.0 Å². The van der Waals surface area contributed by atoms with Gasteiger partial charge >= 0.3 is 6.18 Å². The van der Waals surface area contributed by atoms with Crippen LogP contribution in [0.5, 0.6) is 46.0 Å². The summed E-state index contributed by atoms with van der Waals surface area (Å²) in [7, 11) is 15.6. The minimum absolute atomic E-state index is 0.0529. The summed E-state index contributed by atoms with van der Waals surface area (Å²) in [6.07, 6.45) is 7.81. The third-order valence-electron chi connectivity index (χ3n) is 24.4. The van der Waals surface area contributed by atoms with Crippen molar-refractivity contribution in [1.82, 2.24) is 39.2 Å². The first kappa shape index (κ1) is 81.6. The minimum atomic E-state index is -4.22. The molecule has 592 valence electrons. The summed E-state index contributed by atoms with van der Waals surface area (Å²) >= 11 is 0. The summed E-state index contributed by atoms with van der Waals surface area (Å²) < 4.78 is 109. The van der Waals surface area contributed by atoms with E-state index in [1.807, 2.05) is 25.1 Å². The molecule has 0 amide bonds. The molecule has 0 spiro atoms. The van der Waals surface area contributed by atoms with Crippen LogP contribution < -0.4 is 37.9 Å². The van der Waals surface area contributed by atoms with Crippen molar-refractivity contribution >= 4 is 0 Å². The van der Waals surface area contributed by atoms with Crippen LogP contribution in [0.1, 0.15) is 189 Å². The van der Waals surface area contributed by atoms with Gasteiger partial charge in [0.05, 0.1) is 66.7 Å². The Kier molecular flexibility index (Phi) is 27.5. The lowest BCUT2D eigenvalue weighted by atomic mass is 9.87. The fourth-order valence-corrected chi connectivity index (χ4v) is 18.1. The van der Waals surface area contributed by atoms with Crippen LogP contribution in [0.3, 0.4) is 0 Å². The molecule has 2 aliphatic carbocycles. The molecule has 0 bridgehead atoms. The highest BCUT2D eigenvalue weighted by molar-refractivity contribution is 5.53. The van der Waals surface area contributed by atoms with Crippen LogP contribution in [-0.4, -0.2) is 237 Å². The Balaban J connectivity index is 0.000000141. The van der Waals surface area contributed by atoms with E-state index in [-0.39, 0.29) is 19.1 Å². The second-order valence-corrected chi connectivity index (χ2v) is 34.0. The van der Waals surface area contributed by atoms with Crippen LogP contribution in [0.2, 0.25) is 0 Å². The number of hydrogen-bond acceptors (Lipinski definition) is 16. The van der Waals surface area contributed by atoms with E-state index >= 15 is 0 Å². The normalized spacial score (nSPS) is 26.1. The number of benzene rings is 4. The molecule has 4 aromatic rings. The van der Waals surface area contributed by atoms with E-state index < -0.39 is 31.0 Å². The Bertz CT molecular complexity index is 3520. The number of piperazine rings is 4. The van der Waals surface area contributed by atoms with Gasteiger partial charge in [-0.3, -0.25) is 19.6 Å². The average molecular weight is 1490 g/mol. The van der Waals surface area contributed by atoms with Crippen molar-refractivity contribution in [2.24, 2.45) is 29.6 Å². The Morgan fingerprint density at radius 1 is 0.425 bits per heavy atom. The van der Waals surface area contributed by atoms with Gasteiger partial charge in [-0.25, -0.2) is 8.78 Å². The zero-order valence-corrected chi connectivity index (χ0v) is 67.2. The lowest BCUT2D eigenvalue weighted by Crippen LogP contribution is -2.55. The Labute approximate surface area is 632 Å². The summed E-state index contributed by atoms with van der Waals surface area (Å²) in [6, 6.07) is 21.0. The molecule has 4 saturated heterocycles. The number of likely N-dealkylation sites (N-methyl/N-ethyl adjacent to an activating group) is 4. The van der Waals surface area contributed by atoms with Crippen LogP contribution in [0.4, 0.5) is 22.0 Å². The number of nitrogens with zero attached hydrogens (tertiary/aromatic N) is 8. The van der Waals surface area contributed by atoms with Gasteiger partial charge in [0.15, 0.2) is 46.0 Å². The number of methoxy groups -OCH3 is 4. The van der Waals surface area contributed by atoms with E-state index in [4.69, 9.17) is 37.9 Å². The van der Waals surface area contributed by atoms with E-state index in [0.717, 1.165) is 132 Å². The van der Waals surface area contributed by atoms with E-state index in [1.165, 1.54) is 104 Å². The molecule has 1 unspecified atom stereocenters. The van der Waals surface area contributed by atoms with E-state index in [0.29, 0.717) is 89.8 Å². The highest BCUT2D eigenvalue weighted by Gasteiger charge is 2.57. The predicted molar refractivity (Wildman–Crippen MR) is 412 cm³/mol. The minimum Gasteiger partial charge on any atom is -0.493 e. The van der Waals surface area contributed by atoms with E-state index in [1.54, 1.807) is 21.3 Å². The topological polar surface area (TPSA) is 99.8 Å². The molecule has 106 heavy (non-hydrogen) atoms. The van der Waals surface area contributed by atoms with Gasteiger partial charge in [-0.05, 0) is 222 Å². The molecule has 10 aliphatic rings. The molecular weight excluding hydrogens is 1360 g/mol. The van der Waals surface area contributed by atoms with Crippen molar-refractivity contribution in [3.8, 4) is 46.0 Å². The quantitative estimate of drug-likeness (QED) is 0.0697. The molecule has 0 radical (unpaired) electrons. The maximum Gasteiger partial charge on any atom is 0.392 e. The van der Waals surface area contributed by atoms with Crippen LogP contribution in [0.25, 0.3) is 0 Å². The molecule has 8 heterocycles. The lowest BCUT2D eigenvalue weighted by molar-refractivity contribution is -0.139. The van der Waals surface area contributed by atoms with Crippen LogP contribution >= 0.6 is 0 Å². The summed E-state index contributed by atoms with van der Waals surface area (Å²) in [5.74, 6) is 5.41. The second-order valence-electron chi connectivity index (χ2n) is 34.0. The Morgan fingerprint density at radius 2 is 0.726 bits per heavy atom. The Hall–Kier alpha value is -5.39. The third-order valence-corrected chi connectivity index (χ3v) is 24.4. The lowest BCUT2D eigenvalue weighted by Gasteiger charge is -2.48. The van der Waals surface area contributed by atoms with Gasteiger partial charge in [0, 0.05) is 133 Å². The third kappa shape index (κ3) is 20.0. The summed E-state index contributed by atoms with van der Waals surface area (Å²) in [5.41, 5.74) is 10.7. The largest absolute Gasteiger partial charge is 0.493 e. The second kappa shape index (κ2) is 35.7. The maximum atomic E-state index is 13.2. The van der Waals surface area contributed by atoms with Gasteiger partial charge in [-0.15, -0.1) is 0 Å².